The van der Waals surface area contributed by atoms with Crippen molar-refractivity contribution in [2.75, 3.05) is 13.2 Å². The Morgan fingerprint density at radius 1 is 1.00 bits per heavy atom. The second kappa shape index (κ2) is 5.04. The molecule has 2 rings (SSSR count). The molecule has 96 valence electrons. The summed E-state index contributed by atoms with van der Waals surface area (Å²) < 4.78 is 15.4. The van der Waals surface area contributed by atoms with Crippen LogP contribution in [0, 0.1) is 11.8 Å². The molecule has 1 heterocycles. The average Bonchev–Trinajstić information content (AvgIpc) is 3.06. The fourth-order valence-electron chi connectivity index (χ4n) is 2.44. The van der Waals surface area contributed by atoms with Crippen molar-refractivity contribution in [3.63, 3.8) is 0 Å². The molecule has 1 aliphatic carbocycles. The van der Waals surface area contributed by atoms with E-state index in [1.165, 1.54) is 0 Å². The minimum absolute atomic E-state index is 0.134. The van der Waals surface area contributed by atoms with Crippen LogP contribution in [0.1, 0.15) is 26.7 Å². The van der Waals surface area contributed by atoms with Crippen LogP contribution >= 0.6 is 0 Å². The molecule has 0 amide bonds. The van der Waals surface area contributed by atoms with Gasteiger partial charge in [0.15, 0.2) is 0 Å². The van der Waals surface area contributed by atoms with Crippen molar-refractivity contribution in [2.45, 2.75) is 38.9 Å². The van der Waals surface area contributed by atoms with Crippen molar-refractivity contribution in [2.24, 2.45) is 11.8 Å². The van der Waals surface area contributed by atoms with Crippen molar-refractivity contribution in [3.8, 4) is 0 Å². The topological polar surface area (TPSA) is 65.1 Å². The highest BCUT2D eigenvalue weighted by Gasteiger charge is 2.53. The Balaban J connectivity index is 2.03. The summed E-state index contributed by atoms with van der Waals surface area (Å²) in [6, 6.07) is 0. The van der Waals surface area contributed by atoms with Gasteiger partial charge in [0.05, 0.1) is 37.3 Å². The maximum atomic E-state index is 11.8. The van der Waals surface area contributed by atoms with Gasteiger partial charge in [-0.25, -0.2) is 0 Å². The van der Waals surface area contributed by atoms with Gasteiger partial charge in [0.1, 0.15) is 0 Å². The lowest BCUT2D eigenvalue weighted by Gasteiger charge is -2.25. The zero-order chi connectivity index (χ0) is 12.4. The summed E-state index contributed by atoms with van der Waals surface area (Å²) in [5.74, 6) is -1.42. The summed E-state index contributed by atoms with van der Waals surface area (Å²) in [6.45, 7) is 4.19. The van der Waals surface area contributed by atoms with E-state index in [2.05, 4.69) is 0 Å². The Morgan fingerprint density at radius 2 is 1.41 bits per heavy atom. The van der Waals surface area contributed by atoms with Gasteiger partial charge in [0.25, 0.3) is 0 Å². The summed E-state index contributed by atoms with van der Waals surface area (Å²) >= 11 is 0. The Labute approximate surface area is 100 Å². The van der Waals surface area contributed by atoms with Crippen LogP contribution < -0.4 is 0 Å². The van der Waals surface area contributed by atoms with Crippen LogP contribution in [-0.4, -0.2) is 37.4 Å². The van der Waals surface area contributed by atoms with Crippen molar-refractivity contribution < 1.29 is 23.8 Å². The largest absolute Gasteiger partial charge is 0.466 e. The van der Waals surface area contributed by atoms with E-state index in [1.807, 2.05) is 0 Å². The van der Waals surface area contributed by atoms with Gasteiger partial charge in [-0.1, -0.05) is 0 Å². The summed E-state index contributed by atoms with van der Waals surface area (Å²) in [6.07, 6.45) is 1.42. The predicted molar refractivity (Wildman–Crippen MR) is 58.1 cm³/mol. The molecule has 2 aliphatic rings. The first-order valence-electron chi connectivity index (χ1n) is 6.16. The van der Waals surface area contributed by atoms with E-state index >= 15 is 0 Å². The molecule has 0 aromatic carbocycles. The second-order valence-corrected chi connectivity index (χ2v) is 4.40. The lowest BCUT2D eigenvalue weighted by molar-refractivity contribution is -0.161. The van der Waals surface area contributed by atoms with Crippen molar-refractivity contribution in [1.29, 1.82) is 0 Å². The summed E-state index contributed by atoms with van der Waals surface area (Å²) in [4.78, 5) is 23.6. The van der Waals surface area contributed by atoms with E-state index in [0.717, 1.165) is 0 Å². The Bertz CT molecular complexity index is 284. The van der Waals surface area contributed by atoms with Crippen LogP contribution in [0.25, 0.3) is 0 Å². The third-order valence-electron chi connectivity index (χ3n) is 3.32. The summed E-state index contributed by atoms with van der Waals surface area (Å²) in [5.41, 5.74) is 0. The van der Waals surface area contributed by atoms with E-state index in [1.54, 1.807) is 13.8 Å². The van der Waals surface area contributed by atoms with Crippen LogP contribution in [0.5, 0.6) is 0 Å². The van der Waals surface area contributed by atoms with Gasteiger partial charge >= 0.3 is 11.9 Å². The molecule has 5 nitrogen and oxygen atoms in total. The second-order valence-electron chi connectivity index (χ2n) is 4.40. The number of rotatable bonds is 4. The van der Waals surface area contributed by atoms with Crippen molar-refractivity contribution in [1.82, 2.24) is 0 Å². The molecule has 1 saturated heterocycles. The molecule has 2 fully saturated rings. The number of hydrogen-bond donors (Lipinski definition) is 0. The molecule has 0 N–H and O–H groups in total. The van der Waals surface area contributed by atoms with Crippen LogP contribution in [0.15, 0.2) is 0 Å². The highest BCUT2D eigenvalue weighted by Crippen LogP contribution is 2.43. The lowest BCUT2D eigenvalue weighted by Crippen LogP contribution is -2.37. The molecular formula is C12H18O5. The fourth-order valence-corrected chi connectivity index (χ4v) is 2.44. The highest BCUT2D eigenvalue weighted by molar-refractivity contribution is 5.82. The maximum absolute atomic E-state index is 11.8. The van der Waals surface area contributed by atoms with Gasteiger partial charge in [0, 0.05) is 0 Å². The van der Waals surface area contributed by atoms with Gasteiger partial charge in [-0.2, -0.15) is 0 Å². The molecule has 0 aromatic heterocycles. The first-order valence-corrected chi connectivity index (χ1v) is 6.16. The predicted octanol–water partition coefficient (Wildman–Crippen LogP) is 0.906. The Hall–Kier alpha value is -1.10. The maximum Gasteiger partial charge on any atom is 0.309 e. The van der Waals surface area contributed by atoms with E-state index in [0.29, 0.717) is 26.1 Å². The molecule has 0 spiro atoms. The van der Waals surface area contributed by atoms with Crippen molar-refractivity contribution in [3.05, 3.63) is 0 Å². The van der Waals surface area contributed by atoms with E-state index in [-0.39, 0.29) is 24.1 Å². The zero-order valence-electron chi connectivity index (χ0n) is 10.2. The standard InChI is InChI=1S/C12H18O5/c1-3-15-11(13)7-5-9-10(17-9)6-8(7)12(14)16-4-2/h7-10H,3-6H2,1-2H3/t7-,8+,9-,10-/m0/s1. The number of esters is 2. The SMILES string of the molecule is CCOC(=O)[C@H]1C[C@@H]2O[C@H]2C[C@H]1C(=O)OCC. The molecule has 17 heavy (non-hydrogen) atoms. The monoisotopic (exact) mass is 242 g/mol. The molecule has 1 aliphatic heterocycles. The van der Waals surface area contributed by atoms with Crippen LogP contribution in [0.2, 0.25) is 0 Å². The molecule has 0 radical (unpaired) electrons. The number of ether oxygens (including phenoxy) is 3. The summed E-state index contributed by atoms with van der Waals surface area (Å²) in [5, 5.41) is 0. The van der Waals surface area contributed by atoms with Gasteiger partial charge in [-0.15, -0.1) is 0 Å². The third kappa shape index (κ3) is 2.60. The fraction of sp³-hybridized carbons (Fsp3) is 0.833. The van der Waals surface area contributed by atoms with Crippen LogP contribution in [0.3, 0.4) is 0 Å². The average molecular weight is 242 g/mol. The quantitative estimate of drug-likeness (QED) is 0.541. The van der Waals surface area contributed by atoms with E-state index in [9.17, 15) is 9.59 Å². The first-order chi connectivity index (χ1) is 8.17. The van der Waals surface area contributed by atoms with E-state index in [4.69, 9.17) is 14.2 Å². The molecule has 0 bridgehead atoms. The van der Waals surface area contributed by atoms with Gasteiger partial charge < -0.3 is 14.2 Å². The number of carbonyl (C=O) groups is 2. The molecular weight excluding hydrogens is 224 g/mol. The van der Waals surface area contributed by atoms with Crippen LogP contribution in [0.4, 0.5) is 0 Å². The van der Waals surface area contributed by atoms with Gasteiger partial charge in [-0.3, -0.25) is 9.59 Å². The number of fused-ring (bicyclic) bond motifs is 1. The van der Waals surface area contributed by atoms with E-state index < -0.39 is 11.8 Å². The number of hydrogen-bond acceptors (Lipinski definition) is 5. The molecule has 4 atom stereocenters. The number of carbonyl (C=O) groups excluding carboxylic acids is 2. The molecule has 0 aromatic rings. The normalized spacial score (nSPS) is 34.7. The Kier molecular flexibility index (Phi) is 3.66. The Morgan fingerprint density at radius 3 is 1.76 bits per heavy atom. The highest BCUT2D eigenvalue weighted by atomic mass is 16.6. The van der Waals surface area contributed by atoms with Gasteiger partial charge in [0.2, 0.25) is 0 Å². The molecule has 5 heteroatoms. The van der Waals surface area contributed by atoms with Crippen molar-refractivity contribution >= 4 is 11.9 Å². The zero-order valence-corrected chi connectivity index (χ0v) is 10.2. The molecule has 0 unspecified atom stereocenters. The number of epoxide rings is 1. The van der Waals surface area contributed by atoms with Crippen LogP contribution in [-0.2, 0) is 23.8 Å². The van der Waals surface area contributed by atoms with Gasteiger partial charge in [-0.05, 0) is 26.7 Å². The minimum atomic E-state index is -0.405. The first kappa shape index (κ1) is 12.4. The smallest absolute Gasteiger partial charge is 0.309 e. The summed E-state index contributed by atoms with van der Waals surface area (Å²) in [7, 11) is 0. The minimum Gasteiger partial charge on any atom is -0.466 e. The lowest BCUT2D eigenvalue weighted by atomic mass is 9.79. The molecule has 1 saturated carbocycles. The third-order valence-corrected chi connectivity index (χ3v) is 3.32.